The molecule has 11 heteroatoms. The van der Waals surface area contributed by atoms with Crippen molar-refractivity contribution in [3.8, 4) is 11.3 Å². The summed E-state index contributed by atoms with van der Waals surface area (Å²) in [7, 11) is 1.95. The molecule has 0 saturated carbocycles. The lowest BCUT2D eigenvalue weighted by Gasteiger charge is -2.20. The fraction of sp³-hybridized carbons (Fsp3) is 0.208. The Balaban J connectivity index is 0.000000429. The SMILES string of the molecule is Cc1nn(C)c(C)c1-c1ccnc(NC(c2ccccc2)c2ccncc2)n1.O=C(O)C(F)(F)F. The summed E-state index contributed by atoms with van der Waals surface area (Å²) in [6.45, 7) is 4.05. The smallest absolute Gasteiger partial charge is 0.475 e. The second-order valence-electron chi connectivity index (χ2n) is 7.51. The molecule has 182 valence electrons. The first-order valence-corrected chi connectivity index (χ1v) is 10.4. The number of alkyl halides is 3. The third-order valence-corrected chi connectivity index (χ3v) is 5.11. The van der Waals surface area contributed by atoms with Crippen molar-refractivity contribution in [3.05, 3.63) is 89.6 Å². The number of carboxylic acids is 1. The van der Waals surface area contributed by atoms with Gasteiger partial charge in [0, 0.05) is 36.9 Å². The maximum absolute atomic E-state index is 10.6. The van der Waals surface area contributed by atoms with Crippen LogP contribution in [0, 0.1) is 13.8 Å². The molecule has 4 rings (SSSR count). The molecule has 0 fully saturated rings. The molecule has 1 aromatic carbocycles. The predicted molar refractivity (Wildman–Crippen MR) is 124 cm³/mol. The number of nitrogens with one attached hydrogen (secondary N) is 1. The van der Waals surface area contributed by atoms with E-state index in [1.54, 1.807) is 18.6 Å². The van der Waals surface area contributed by atoms with E-state index in [0.717, 1.165) is 33.8 Å². The monoisotopic (exact) mass is 484 g/mol. The van der Waals surface area contributed by atoms with Gasteiger partial charge in [0.2, 0.25) is 5.95 Å². The Labute approximate surface area is 199 Å². The molecule has 4 aromatic rings. The molecule has 0 aliphatic heterocycles. The number of carbonyl (C=O) groups is 1. The largest absolute Gasteiger partial charge is 0.490 e. The van der Waals surface area contributed by atoms with Crippen LogP contribution >= 0.6 is 0 Å². The molecule has 0 saturated heterocycles. The van der Waals surface area contributed by atoms with E-state index in [1.807, 2.05) is 62.0 Å². The third kappa shape index (κ3) is 6.40. The molecule has 0 amide bonds. The van der Waals surface area contributed by atoms with Crippen LogP contribution in [0.2, 0.25) is 0 Å². The summed E-state index contributed by atoms with van der Waals surface area (Å²) in [6, 6.07) is 16.1. The van der Waals surface area contributed by atoms with Crippen molar-refractivity contribution < 1.29 is 23.1 Å². The Bertz CT molecular complexity index is 1240. The molecule has 0 radical (unpaired) electrons. The molecule has 0 bridgehead atoms. The van der Waals surface area contributed by atoms with Gasteiger partial charge in [-0.25, -0.2) is 14.8 Å². The zero-order valence-corrected chi connectivity index (χ0v) is 19.2. The van der Waals surface area contributed by atoms with Crippen molar-refractivity contribution in [2.75, 3.05) is 5.32 Å². The number of anilines is 1. The summed E-state index contributed by atoms with van der Waals surface area (Å²) in [5.41, 5.74) is 6.19. The van der Waals surface area contributed by atoms with Crippen LogP contribution in [0.3, 0.4) is 0 Å². The van der Waals surface area contributed by atoms with E-state index < -0.39 is 12.1 Å². The number of rotatable bonds is 5. The molecule has 8 nitrogen and oxygen atoms in total. The van der Waals surface area contributed by atoms with Gasteiger partial charge in [-0.2, -0.15) is 18.3 Å². The van der Waals surface area contributed by atoms with Crippen LogP contribution in [0.25, 0.3) is 11.3 Å². The van der Waals surface area contributed by atoms with E-state index in [0.29, 0.717) is 5.95 Å². The fourth-order valence-corrected chi connectivity index (χ4v) is 3.40. The minimum Gasteiger partial charge on any atom is -0.475 e. The van der Waals surface area contributed by atoms with E-state index in [-0.39, 0.29) is 6.04 Å². The van der Waals surface area contributed by atoms with Crippen LogP contribution in [0.1, 0.15) is 28.6 Å². The Hall–Kier alpha value is -4.28. The number of nitrogens with zero attached hydrogens (tertiary/aromatic N) is 5. The lowest BCUT2D eigenvalue weighted by molar-refractivity contribution is -0.192. The van der Waals surface area contributed by atoms with Crippen molar-refractivity contribution in [1.29, 1.82) is 0 Å². The van der Waals surface area contributed by atoms with Gasteiger partial charge < -0.3 is 10.4 Å². The number of carboxylic acid groups (broad SMARTS) is 1. The van der Waals surface area contributed by atoms with E-state index >= 15 is 0 Å². The Morgan fingerprint density at radius 1 is 1.00 bits per heavy atom. The average Bonchev–Trinajstić information content (AvgIpc) is 3.09. The van der Waals surface area contributed by atoms with E-state index in [2.05, 4.69) is 32.5 Å². The Kier molecular flexibility index (Phi) is 7.80. The minimum atomic E-state index is -5.08. The first kappa shape index (κ1) is 25.3. The standard InChI is InChI=1S/C22H22N6.C2HF3O2/c1-15-20(16(2)28(3)27-15)19-11-14-24-22(25-19)26-21(17-7-5-4-6-8-17)18-9-12-23-13-10-18;3-2(4,5)1(6)7/h4-14,21H,1-3H3,(H,24,25,26);(H,6,7). The van der Waals surface area contributed by atoms with Gasteiger partial charge in [0.1, 0.15) is 0 Å². The second kappa shape index (κ2) is 10.8. The van der Waals surface area contributed by atoms with E-state index in [1.165, 1.54) is 0 Å². The van der Waals surface area contributed by atoms with Gasteiger partial charge in [-0.15, -0.1) is 0 Å². The van der Waals surface area contributed by atoms with Gasteiger partial charge in [0.15, 0.2) is 0 Å². The summed E-state index contributed by atoms with van der Waals surface area (Å²) < 4.78 is 33.6. The highest BCUT2D eigenvalue weighted by molar-refractivity contribution is 5.73. The summed E-state index contributed by atoms with van der Waals surface area (Å²) >= 11 is 0. The maximum atomic E-state index is 10.6. The van der Waals surface area contributed by atoms with Crippen molar-refractivity contribution in [2.24, 2.45) is 7.05 Å². The molecule has 0 aliphatic rings. The molecule has 1 atom stereocenters. The van der Waals surface area contributed by atoms with Crippen LogP contribution in [0.4, 0.5) is 19.1 Å². The Morgan fingerprint density at radius 3 is 2.14 bits per heavy atom. The first-order chi connectivity index (χ1) is 16.6. The van der Waals surface area contributed by atoms with Crippen molar-refractivity contribution in [2.45, 2.75) is 26.1 Å². The minimum absolute atomic E-state index is 0.0736. The number of aromatic nitrogens is 5. The highest BCUT2D eigenvalue weighted by Gasteiger charge is 2.38. The predicted octanol–water partition coefficient (Wildman–Crippen LogP) is 4.72. The van der Waals surface area contributed by atoms with Crippen LogP contribution in [-0.2, 0) is 11.8 Å². The van der Waals surface area contributed by atoms with Crippen LogP contribution in [0.5, 0.6) is 0 Å². The number of hydrogen-bond donors (Lipinski definition) is 2. The van der Waals surface area contributed by atoms with Crippen LogP contribution in [-0.4, -0.2) is 42.0 Å². The Morgan fingerprint density at radius 2 is 1.60 bits per heavy atom. The lowest BCUT2D eigenvalue weighted by atomic mass is 10.00. The zero-order valence-electron chi connectivity index (χ0n) is 19.2. The number of halogens is 3. The molecular weight excluding hydrogens is 461 g/mol. The van der Waals surface area contributed by atoms with Crippen LogP contribution < -0.4 is 5.32 Å². The van der Waals surface area contributed by atoms with E-state index in [4.69, 9.17) is 14.9 Å². The van der Waals surface area contributed by atoms with Gasteiger partial charge in [-0.1, -0.05) is 30.3 Å². The highest BCUT2D eigenvalue weighted by Crippen LogP contribution is 2.28. The number of aryl methyl sites for hydroxylation is 2. The molecule has 0 spiro atoms. The van der Waals surface area contributed by atoms with E-state index in [9.17, 15) is 13.2 Å². The zero-order chi connectivity index (χ0) is 25.6. The topological polar surface area (TPSA) is 106 Å². The molecule has 1 unspecified atom stereocenters. The summed E-state index contributed by atoms with van der Waals surface area (Å²) in [6.07, 6.45) is 0.296. The highest BCUT2D eigenvalue weighted by atomic mass is 19.4. The van der Waals surface area contributed by atoms with Crippen molar-refractivity contribution in [1.82, 2.24) is 24.7 Å². The number of aliphatic carboxylic acids is 1. The summed E-state index contributed by atoms with van der Waals surface area (Å²) in [5.74, 6) is -2.18. The normalized spacial score (nSPS) is 11.8. The molecule has 35 heavy (non-hydrogen) atoms. The van der Waals surface area contributed by atoms with Crippen molar-refractivity contribution >= 4 is 11.9 Å². The third-order valence-electron chi connectivity index (χ3n) is 5.11. The van der Waals surface area contributed by atoms with Gasteiger partial charge in [0.05, 0.1) is 17.4 Å². The number of hydrogen-bond acceptors (Lipinski definition) is 6. The number of pyridine rings is 1. The van der Waals surface area contributed by atoms with Gasteiger partial charge in [0.25, 0.3) is 0 Å². The summed E-state index contributed by atoms with van der Waals surface area (Å²) in [5, 5.41) is 15.1. The average molecular weight is 484 g/mol. The number of benzene rings is 1. The van der Waals surface area contributed by atoms with Crippen LogP contribution in [0.15, 0.2) is 67.1 Å². The quantitative estimate of drug-likeness (QED) is 0.422. The van der Waals surface area contributed by atoms with Gasteiger partial charge in [-0.3, -0.25) is 9.67 Å². The maximum Gasteiger partial charge on any atom is 0.490 e. The lowest BCUT2D eigenvalue weighted by Crippen LogP contribution is -2.21. The van der Waals surface area contributed by atoms with Crippen molar-refractivity contribution in [3.63, 3.8) is 0 Å². The summed E-state index contributed by atoms with van der Waals surface area (Å²) in [4.78, 5) is 22.3. The second-order valence-corrected chi connectivity index (χ2v) is 7.51. The molecule has 3 aromatic heterocycles. The van der Waals surface area contributed by atoms with Gasteiger partial charge in [-0.05, 0) is 43.2 Å². The molecule has 2 N–H and O–H groups in total. The van der Waals surface area contributed by atoms with Gasteiger partial charge >= 0.3 is 12.1 Å². The molecular formula is C24H23F3N6O2. The fourth-order valence-electron chi connectivity index (χ4n) is 3.40. The molecule has 3 heterocycles. The molecule has 0 aliphatic carbocycles. The first-order valence-electron chi connectivity index (χ1n) is 10.4.